The van der Waals surface area contributed by atoms with Gasteiger partial charge in [0.2, 0.25) is 0 Å². The lowest BCUT2D eigenvalue weighted by Crippen LogP contribution is -2.38. The molecular weight excluding hydrogens is 438 g/mol. The molecule has 0 aliphatic heterocycles. The number of aromatic nitrogens is 2. The van der Waals surface area contributed by atoms with Gasteiger partial charge in [0.1, 0.15) is 22.3 Å². The number of rotatable bonds is 5. The lowest BCUT2D eigenvalue weighted by atomic mass is 9.93. The highest BCUT2D eigenvalue weighted by Gasteiger charge is 2.23. The number of benzene rings is 1. The number of thiazole rings is 1. The van der Waals surface area contributed by atoms with Crippen LogP contribution in [0, 0.1) is 11.6 Å². The molecule has 2 heterocycles. The standard InChI is InChI=1S/C22H20F2N4O3S/c23-15-2-1-3-16(24)19(15)22-28-18(11-32-22)21(31)27-17-10-25-9-8-14(17)20(30)26-12-4-6-13(29)7-5-12/h1-3,8-13,29H,4-7H2,(H,26,30)(H,27,31). The Kier molecular flexibility index (Phi) is 6.52. The normalized spacial score (nSPS) is 18.2. The van der Waals surface area contributed by atoms with Gasteiger partial charge in [-0.3, -0.25) is 14.6 Å². The zero-order valence-corrected chi connectivity index (χ0v) is 17.7. The third kappa shape index (κ3) is 4.81. The zero-order valence-electron chi connectivity index (χ0n) is 16.8. The third-order valence-corrected chi connectivity index (χ3v) is 6.12. The fourth-order valence-electron chi connectivity index (χ4n) is 3.56. The summed E-state index contributed by atoms with van der Waals surface area (Å²) in [6, 6.07) is 4.92. The van der Waals surface area contributed by atoms with Crippen LogP contribution in [0.2, 0.25) is 0 Å². The molecule has 3 N–H and O–H groups in total. The van der Waals surface area contributed by atoms with Crippen LogP contribution in [-0.4, -0.2) is 39.0 Å². The molecule has 3 aromatic rings. The molecule has 0 radical (unpaired) electrons. The summed E-state index contributed by atoms with van der Waals surface area (Å²) in [6.07, 6.45) is 5.05. The van der Waals surface area contributed by atoms with Gasteiger partial charge in [0.25, 0.3) is 11.8 Å². The van der Waals surface area contributed by atoms with Crippen LogP contribution < -0.4 is 10.6 Å². The minimum absolute atomic E-state index is 0.0365. The first-order valence-electron chi connectivity index (χ1n) is 10.1. The Hall–Kier alpha value is -3.24. The zero-order chi connectivity index (χ0) is 22.7. The van der Waals surface area contributed by atoms with Gasteiger partial charge >= 0.3 is 0 Å². The maximum atomic E-state index is 14.0. The summed E-state index contributed by atoms with van der Waals surface area (Å²) in [6.45, 7) is 0. The van der Waals surface area contributed by atoms with Gasteiger partial charge in [0.15, 0.2) is 0 Å². The Labute approximate surface area is 186 Å². The van der Waals surface area contributed by atoms with E-state index in [0.717, 1.165) is 23.5 Å². The Bertz CT molecular complexity index is 1130. The topological polar surface area (TPSA) is 104 Å². The maximum Gasteiger partial charge on any atom is 0.275 e. The second-order valence-electron chi connectivity index (χ2n) is 7.49. The van der Waals surface area contributed by atoms with E-state index in [4.69, 9.17) is 0 Å². The van der Waals surface area contributed by atoms with Gasteiger partial charge in [0, 0.05) is 17.6 Å². The van der Waals surface area contributed by atoms with Crippen molar-refractivity contribution in [3.63, 3.8) is 0 Å². The fraction of sp³-hybridized carbons (Fsp3) is 0.273. The van der Waals surface area contributed by atoms with Crippen molar-refractivity contribution in [1.82, 2.24) is 15.3 Å². The molecule has 166 valence electrons. The molecule has 2 amide bonds. The van der Waals surface area contributed by atoms with E-state index in [-0.39, 0.29) is 45.6 Å². The highest BCUT2D eigenvalue weighted by molar-refractivity contribution is 7.13. The molecule has 1 aromatic carbocycles. The summed E-state index contributed by atoms with van der Waals surface area (Å²) < 4.78 is 28.0. The summed E-state index contributed by atoms with van der Waals surface area (Å²) in [5.41, 5.74) is 0.0901. The van der Waals surface area contributed by atoms with Gasteiger partial charge in [-0.1, -0.05) is 6.07 Å². The fourth-order valence-corrected chi connectivity index (χ4v) is 4.40. The molecule has 32 heavy (non-hydrogen) atoms. The number of pyridine rings is 1. The first-order valence-corrected chi connectivity index (χ1v) is 10.9. The SMILES string of the molecule is O=C(Nc1cnccc1C(=O)NC1CCC(O)CC1)c1csc(-c2c(F)cccc2F)n1. The lowest BCUT2D eigenvalue weighted by molar-refractivity contribution is 0.0868. The summed E-state index contributed by atoms with van der Waals surface area (Å²) in [7, 11) is 0. The highest BCUT2D eigenvalue weighted by atomic mass is 32.1. The predicted molar refractivity (Wildman–Crippen MR) is 115 cm³/mol. The largest absolute Gasteiger partial charge is 0.393 e. The van der Waals surface area contributed by atoms with E-state index in [9.17, 15) is 23.5 Å². The van der Waals surface area contributed by atoms with Gasteiger partial charge in [-0.05, 0) is 43.9 Å². The van der Waals surface area contributed by atoms with Crippen molar-refractivity contribution in [2.24, 2.45) is 0 Å². The highest BCUT2D eigenvalue weighted by Crippen LogP contribution is 2.29. The van der Waals surface area contributed by atoms with Gasteiger partial charge in [-0.15, -0.1) is 11.3 Å². The number of aliphatic hydroxyl groups is 1. The van der Waals surface area contributed by atoms with Crippen LogP contribution in [0.25, 0.3) is 10.6 Å². The van der Waals surface area contributed by atoms with Gasteiger partial charge in [0.05, 0.1) is 29.1 Å². The van der Waals surface area contributed by atoms with E-state index < -0.39 is 17.5 Å². The number of amides is 2. The summed E-state index contributed by atoms with van der Waals surface area (Å²) >= 11 is 0.937. The van der Waals surface area contributed by atoms with Crippen molar-refractivity contribution < 1.29 is 23.5 Å². The van der Waals surface area contributed by atoms with E-state index in [1.165, 1.54) is 29.9 Å². The van der Waals surface area contributed by atoms with Gasteiger partial charge < -0.3 is 15.7 Å². The Morgan fingerprint density at radius 3 is 2.50 bits per heavy atom. The molecular formula is C22H20F2N4O3S. The molecule has 0 saturated heterocycles. The summed E-state index contributed by atoms with van der Waals surface area (Å²) in [5.74, 6) is -2.54. The molecule has 1 saturated carbocycles. The van der Waals surface area contributed by atoms with E-state index in [2.05, 4.69) is 20.6 Å². The third-order valence-electron chi connectivity index (χ3n) is 5.26. The smallest absolute Gasteiger partial charge is 0.275 e. The van der Waals surface area contributed by atoms with Crippen LogP contribution in [0.15, 0.2) is 42.0 Å². The number of hydrogen-bond acceptors (Lipinski definition) is 6. The first kappa shape index (κ1) is 22.0. The van der Waals surface area contributed by atoms with E-state index in [1.807, 2.05) is 0 Å². The molecule has 0 atom stereocenters. The molecule has 1 fully saturated rings. The van der Waals surface area contributed by atoms with E-state index >= 15 is 0 Å². The number of hydrogen-bond donors (Lipinski definition) is 3. The number of nitrogens with zero attached hydrogens (tertiary/aromatic N) is 2. The van der Waals surface area contributed by atoms with Crippen molar-refractivity contribution in [2.45, 2.75) is 37.8 Å². The van der Waals surface area contributed by atoms with E-state index in [1.54, 1.807) is 0 Å². The number of halogens is 2. The molecule has 0 unspecified atom stereocenters. The van der Waals surface area contributed by atoms with Crippen molar-refractivity contribution in [2.75, 3.05) is 5.32 Å². The minimum Gasteiger partial charge on any atom is -0.393 e. The second-order valence-corrected chi connectivity index (χ2v) is 8.35. The van der Waals surface area contributed by atoms with Crippen LogP contribution in [0.4, 0.5) is 14.5 Å². The molecule has 2 aromatic heterocycles. The monoisotopic (exact) mass is 458 g/mol. The van der Waals surface area contributed by atoms with Crippen molar-refractivity contribution >= 4 is 28.8 Å². The number of carbonyl (C=O) groups is 2. The molecule has 7 nitrogen and oxygen atoms in total. The first-order chi connectivity index (χ1) is 15.4. The molecule has 1 aliphatic carbocycles. The second kappa shape index (κ2) is 9.49. The Balaban J connectivity index is 1.49. The van der Waals surface area contributed by atoms with Crippen molar-refractivity contribution in [3.05, 3.63) is 64.9 Å². The molecule has 0 spiro atoms. The van der Waals surface area contributed by atoms with Crippen LogP contribution in [0.1, 0.15) is 46.5 Å². The van der Waals surface area contributed by atoms with Crippen molar-refractivity contribution in [3.8, 4) is 10.6 Å². The lowest BCUT2D eigenvalue weighted by Gasteiger charge is -2.26. The van der Waals surface area contributed by atoms with Crippen LogP contribution >= 0.6 is 11.3 Å². The number of aliphatic hydroxyl groups excluding tert-OH is 1. The number of carbonyl (C=O) groups excluding carboxylic acids is 2. The van der Waals surface area contributed by atoms with Gasteiger partial charge in [-0.25, -0.2) is 13.8 Å². The van der Waals surface area contributed by atoms with Crippen molar-refractivity contribution in [1.29, 1.82) is 0 Å². The Morgan fingerprint density at radius 1 is 1.06 bits per heavy atom. The van der Waals surface area contributed by atoms with Gasteiger partial charge in [-0.2, -0.15) is 0 Å². The quantitative estimate of drug-likeness (QED) is 0.540. The average molecular weight is 458 g/mol. The van der Waals surface area contributed by atoms with Crippen LogP contribution in [0.5, 0.6) is 0 Å². The van der Waals surface area contributed by atoms with Crippen LogP contribution in [-0.2, 0) is 0 Å². The maximum absolute atomic E-state index is 14.0. The van der Waals surface area contributed by atoms with Crippen LogP contribution in [0.3, 0.4) is 0 Å². The predicted octanol–water partition coefficient (Wildman–Crippen LogP) is 3.77. The average Bonchev–Trinajstić information content (AvgIpc) is 3.25. The summed E-state index contributed by atoms with van der Waals surface area (Å²) in [4.78, 5) is 33.5. The molecule has 1 aliphatic rings. The number of anilines is 1. The molecule has 4 rings (SSSR count). The number of nitrogens with one attached hydrogen (secondary N) is 2. The Morgan fingerprint density at radius 2 is 1.78 bits per heavy atom. The minimum atomic E-state index is -0.771. The molecule has 10 heteroatoms. The molecule has 0 bridgehead atoms. The summed E-state index contributed by atoms with van der Waals surface area (Å²) in [5, 5.41) is 16.6. The van der Waals surface area contributed by atoms with E-state index in [0.29, 0.717) is 25.7 Å².